The van der Waals surface area contributed by atoms with Crippen molar-refractivity contribution in [2.24, 2.45) is 5.73 Å². The van der Waals surface area contributed by atoms with E-state index in [1.165, 1.54) is 0 Å². The lowest BCUT2D eigenvalue weighted by Gasteiger charge is -2.25. The third-order valence-electron chi connectivity index (χ3n) is 3.56. The maximum atomic E-state index is 9.34. The second-order valence-corrected chi connectivity index (χ2v) is 5.40. The SMILES string of the molecule is CC(C)(N)c1c2c(c(C#N)c3c1OCC3)OCC2. The highest BCUT2D eigenvalue weighted by Crippen LogP contribution is 2.47. The second kappa shape index (κ2) is 3.63. The van der Waals surface area contributed by atoms with Crippen molar-refractivity contribution >= 4 is 0 Å². The number of hydrogen-bond donors (Lipinski definition) is 1. The Morgan fingerprint density at radius 2 is 1.72 bits per heavy atom. The zero-order valence-corrected chi connectivity index (χ0v) is 10.7. The minimum Gasteiger partial charge on any atom is -0.493 e. The summed E-state index contributed by atoms with van der Waals surface area (Å²) in [5.74, 6) is 1.55. The Kier molecular flexibility index (Phi) is 2.29. The molecular weight excluding hydrogens is 228 g/mol. The van der Waals surface area contributed by atoms with Gasteiger partial charge >= 0.3 is 0 Å². The molecule has 18 heavy (non-hydrogen) atoms. The normalized spacial score (nSPS) is 16.6. The van der Waals surface area contributed by atoms with E-state index in [2.05, 4.69) is 6.07 Å². The van der Waals surface area contributed by atoms with Crippen LogP contribution in [-0.2, 0) is 18.4 Å². The first kappa shape index (κ1) is 11.4. The van der Waals surface area contributed by atoms with Crippen LogP contribution in [0, 0.1) is 11.3 Å². The lowest BCUT2D eigenvalue weighted by molar-refractivity contribution is 0.344. The molecule has 1 aromatic rings. The zero-order valence-electron chi connectivity index (χ0n) is 10.7. The van der Waals surface area contributed by atoms with Crippen LogP contribution >= 0.6 is 0 Å². The van der Waals surface area contributed by atoms with Crippen molar-refractivity contribution in [1.82, 2.24) is 0 Å². The topological polar surface area (TPSA) is 68.3 Å². The quantitative estimate of drug-likeness (QED) is 0.815. The largest absolute Gasteiger partial charge is 0.493 e. The fourth-order valence-electron chi connectivity index (χ4n) is 2.91. The number of ether oxygens (including phenoxy) is 2. The summed E-state index contributed by atoms with van der Waals surface area (Å²) >= 11 is 0. The highest BCUT2D eigenvalue weighted by molar-refractivity contribution is 5.67. The molecule has 0 aliphatic carbocycles. The van der Waals surface area contributed by atoms with Gasteiger partial charge in [-0.15, -0.1) is 0 Å². The minimum atomic E-state index is -0.486. The highest BCUT2D eigenvalue weighted by Gasteiger charge is 2.36. The van der Waals surface area contributed by atoms with E-state index in [0.29, 0.717) is 18.8 Å². The van der Waals surface area contributed by atoms with Crippen LogP contribution in [0.3, 0.4) is 0 Å². The molecule has 3 rings (SSSR count). The number of fused-ring (bicyclic) bond motifs is 2. The summed E-state index contributed by atoms with van der Waals surface area (Å²) in [5, 5.41) is 9.34. The third-order valence-corrected chi connectivity index (χ3v) is 3.56. The minimum absolute atomic E-state index is 0.486. The number of nitriles is 1. The van der Waals surface area contributed by atoms with Crippen LogP contribution in [0.5, 0.6) is 11.5 Å². The average Bonchev–Trinajstić information content (AvgIpc) is 2.90. The maximum Gasteiger partial charge on any atom is 0.141 e. The summed E-state index contributed by atoms with van der Waals surface area (Å²) in [6.45, 7) is 5.18. The molecule has 2 aliphatic heterocycles. The van der Waals surface area contributed by atoms with E-state index >= 15 is 0 Å². The van der Waals surface area contributed by atoms with Crippen LogP contribution in [0.15, 0.2) is 0 Å². The van der Waals surface area contributed by atoms with Crippen molar-refractivity contribution in [1.29, 1.82) is 5.26 Å². The molecule has 0 aromatic heterocycles. The van der Waals surface area contributed by atoms with E-state index in [1.54, 1.807) is 0 Å². The molecule has 1 aromatic carbocycles. The summed E-state index contributed by atoms with van der Waals surface area (Å²) < 4.78 is 11.4. The van der Waals surface area contributed by atoms with Crippen LogP contribution in [0.1, 0.15) is 36.1 Å². The number of hydrogen-bond acceptors (Lipinski definition) is 4. The molecule has 4 heteroatoms. The molecule has 4 nitrogen and oxygen atoms in total. The lowest BCUT2D eigenvalue weighted by Crippen LogP contribution is -2.30. The van der Waals surface area contributed by atoms with Gasteiger partial charge in [-0.1, -0.05) is 0 Å². The summed E-state index contributed by atoms with van der Waals surface area (Å²) in [4.78, 5) is 0. The highest BCUT2D eigenvalue weighted by atomic mass is 16.5. The molecule has 0 fully saturated rings. The van der Waals surface area contributed by atoms with Gasteiger partial charge in [0.05, 0.1) is 13.2 Å². The molecule has 2 aliphatic rings. The molecule has 0 spiro atoms. The molecule has 94 valence electrons. The molecule has 0 saturated heterocycles. The van der Waals surface area contributed by atoms with Gasteiger partial charge in [0.2, 0.25) is 0 Å². The van der Waals surface area contributed by atoms with Crippen LogP contribution in [0.2, 0.25) is 0 Å². The van der Waals surface area contributed by atoms with Crippen LogP contribution in [-0.4, -0.2) is 13.2 Å². The first-order valence-electron chi connectivity index (χ1n) is 6.20. The number of nitrogens with two attached hydrogens (primary N) is 1. The van der Waals surface area contributed by atoms with E-state index in [1.807, 2.05) is 13.8 Å². The molecule has 0 amide bonds. The van der Waals surface area contributed by atoms with Gasteiger partial charge in [-0.25, -0.2) is 0 Å². The molecule has 2 heterocycles. The van der Waals surface area contributed by atoms with Crippen LogP contribution < -0.4 is 15.2 Å². The summed E-state index contributed by atoms with van der Waals surface area (Å²) in [5.41, 5.74) is 9.47. The van der Waals surface area contributed by atoms with Crippen LogP contribution in [0.25, 0.3) is 0 Å². The molecular formula is C14H16N2O2. The Morgan fingerprint density at radius 1 is 1.11 bits per heavy atom. The molecule has 0 saturated carbocycles. The monoisotopic (exact) mass is 244 g/mol. The molecule has 0 radical (unpaired) electrons. The first-order chi connectivity index (χ1) is 8.54. The Bertz CT molecular complexity index is 530. The van der Waals surface area contributed by atoms with Gasteiger partial charge in [0.25, 0.3) is 0 Å². The standard InChI is InChI=1S/C14H16N2O2/c1-14(2,16)11-9-4-6-17-12(9)10(7-15)8-3-5-18-13(8)11/h3-6,16H2,1-2H3. The van der Waals surface area contributed by atoms with E-state index in [4.69, 9.17) is 15.2 Å². The van der Waals surface area contributed by atoms with Crippen molar-refractivity contribution in [2.75, 3.05) is 13.2 Å². The molecule has 0 unspecified atom stereocenters. The smallest absolute Gasteiger partial charge is 0.141 e. The van der Waals surface area contributed by atoms with Crippen molar-refractivity contribution < 1.29 is 9.47 Å². The fourth-order valence-corrected chi connectivity index (χ4v) is 2.91. The Balaban J connectivity index is 2.38. The van der Waals surface area contributed by atoms with Gasteiger partial charge in [0, 0.05) is 35.1 Å². The van der Waals surface area contributed by atoms with E-state index in [-0.39, 0.29) is 0 Å². The van der Waals surface area contributed by atoms with Gasteiger partial charge in [-0.2, -0.15) is 5.26 Å². The van der Waals surface area contributed by atoms with Gasteiger partial charge in [0.1, 0.15) is 23.1 Å². The second-order valence-electron chi connectivity index (χ2n) is 5.40. The molecule has 2 N–H and O–H groups in total. The number of benzene rings is 1. The predicted molar refractivity (Wildman–Crippen MR) is 66.8 cm³/mol. The van der Waals surface area contributed by atoms with E-state index < -0.39 is 5.54 Å². The number of nitrogens with zero attached hydrogens (tertiary/aromatic N) is 1. The first-order valence-corrected chi connectivity index (χ1v) is 6.20. The van der Waals surface area contributed by atoms with Crippen LogP contribution in [0.4, 0.5) is 0 Å². The van der Waals surface area contributed by atoms with Gasteiger partial charge < -0.3 is 15.2 Å². The number of rotatable bonds is 1. The summed E-state index contributed by atoms with van der Waals surface area (Å²) in [7, 11) is 0. The Hall–Kier alpha value is -1.73. The maximum absolute atomic E-state index is 9.34. The molecule has 0 bridgehead atoms. The Morgan fingerprint density at radius 3 is 2.33 bits per heavy atom. The Labute approximate surface area is 106 Å². The lowest BCUT2D eigenvalue weighted by atomic mass is 9.85. The van der Waals surface area contributed by atoms with Crippen molar-refractivity contribution in [2.45, 2.75) is 32.2 Å². The predicted octanol–water partition coefficient (Wildman–Crippen LogP) is 1.62. The van der Waals surface area contributed by atoms with Gasteiger partial charge in [-0.3, -0.25) is 0 Å². The van der Waals surface area contributed by atoms with Gasteiger partial charge in [-0.05, 0) is 13.8 Å². The molecule has 0 atom stereocenters. The van der Waals surface area contributed by atoms with Crippen molar-refractivity contribution in [3.8, 4) is 17.6 Å². The van der Waals surface area contributed by atoms with Crippen molar-refractivity contribution in [3.05, 3.63) is 22.3 Å². The van der Waals surface area contributed by atoms with Crippen molar-refractivity contribution in [3.63, 3.8) is 0 Å². The fraction of sp³-hybridized carbons (Fsp3) is 0.500. The average molecular weight is 244 g/mol. The van der Waals surface area contributed by atoms with E-state index in [0.717, 1.165) is 41.0 Å². The summed E-state index contributed by atoms with van der Waals surface area (Å²) in [6, 6.07) is 2.26. The zero-order chi connectivity index (χ0) is 12.9. The third kappa shape index (κ3) is 1.41. The van der Waals surface area contributed by atoms with Gasteiger partial charge in [0.15, 0.2) is 0 Å². The summed E-state index contributed by atoms with van der Waals surface area (Å²) in [6.07, 6.45) is 1.56. The van der Waals surface area contributed by atoms with E-state index in [9.17, 15) is 5.26 Å².